The quantitative estimate of drug-likeness (QED) is 0.826. The number of fused-ring (bicyclic) bond motifs is 1. The van der Waals surface area contributed by atoms with E-state index in [9.17, 15) is 13.2 Å². The summed E-state index contributed by atoms with van der Waals surface area (Å²) in [7, 11) is 0. The Balaban J connectivity index is 2.21. The van der Waals surface area contributed by atoms with Gasteiger partial charge in [-0.15, -0.1) is 0 Å². The number of benzene rings is 2. The van der Waals surface area contributed by atoms with Gasteiger partial charge in [0, 0.05) is 22.7 Å². The third kappa shape index (κ3) is 4.28. The second-order valence-corrected chi connectivity index (χ2v) is 5.80. The SMILES string of the molecule is C[C@H](N)c1ccc2ccccc2c1OCCSC(F)(F)F. The fourth-order valence-corrected chi connectivity index (χ4v) is 2.48. The molecule has 2 N–H and O–H groups in total. The van der Waals surface area contributed by atoms with Crippen LogP contribution in [0.4, 0.5) is 13.2 Å². The average Bonchev–Trinajstić information content (AvgIpc) is 2.42. The Labute approximate surface area is 125 Å². The number of hydrogen-bond acceptors (Lipinski definition) is 3. The minimum absolute atomic E-state index is 0.0160. The molecular formula is C15H16F3NOS. The Hall–Kier alpha value is -1.40. The highest BCUT2D eigenvalue weighted by Crippen LogP contribution is 2.34. The molecule has 0 unspecified atom stereocenters. The molecular weight excluding hydrogens is 299 g/mol. The lowest BCUT2D eigenvalue weighted by molar-refractivity contribution is -0.0329. The van der Waals surface area contributed by atoms with Gasteiger partial charge < -0.3 is 10.5 Å². The third-order valence-electron chi connectivity index (χ3n) is 3.00. The Morgan fingerprint density at radius 3 is 2.57 bits per heavy atom. The lowest BCUT2D eigenvalue weighted by atomic mass is 10.0. The molecule has 114 valence electrons. The second kappa shape index (κ2) is 6.58. The summed E-state index contributed by atoms with van der Waals surface area (Å²) < 4.78 is 42.0. The van der Waals surface area contributed by atoms with Crippen LogP contribution in [0.5, 0.6) is 5.75 Å². The van der Waals surface area contributed by atoms with Gasteiger partial charge in [-0.2, -0.15) is 13.2 Å². The largest absolute Gasteiger partial charge is 0.492 e. The maximum atomic E-state index is 12.1. The van der Waals surface area contributed by atoms with Crippen LogP contribution >= 0.6 is 11.8 Å². The third-order valence-corrected chi connectivity index (χ3v) is 3.69. The van der Waals surface area contributed by atoms with E-state index in [1.807, 2.05) is 43.3 Å². The van der Waals surface area contributed by atoms with E-state index in [1.165, 1.54) is 0 Å². The van der Waals surface area contributed by atoms with Crippen LogP contribution < -0.4 is 10.5 Å². The van der Waals surface area contributed by atoms with E-state index in [0.717, 1.165) is 16.3 Å². The normalized spacial score (nSPS) is 13.4. The van der Waals surface area contributed by atoms with Crippen molar-refractivity contribution in [2.75, 3.05) is 12.4 Å². The number of halogens is 3. The summed E-state index contributed by atoms with van der Waals surface area (Å²) in [5, 5.41) is 1.84. The van der Waals surface area contributed by atoms with Crippen molar-refractivity contribution in [2.24, 2.45) is 5.73 Å². The first-order valence-electron chi connectivity index (χ1n) is 6.49. The molecule has 0 amide bonds. The highest BCUT2D eigenvalue weighted by atomic mass is 32.2. The minimum Gasteiger partial charge on any atom is -0.492 e. The van der Waals surface area contributed by atoms with Crippen LogP contribution in [0.15, 0.2) is 36.4 Å². The first kappa shape index (κ1) is 16.0. The molecule has 1 atom stereocenters. The highest BCUT2D eigenvalue weighted by Gasteiger charge is 2.27. The predicted octanol–water partition coefficient (Wildman–Crippen LogP) is 4.49. The molecule has 21 heavy (non-hydrogen) atoms. The lowest BCUT2D eigenvalue weighted by Gasteiger charge is -2.17. The molecule has 0 spiro atoms. The molecule has 0 radical (unpaired) electrons. The number of alkyl halides is 3. The van der Waals surface area contributed by atoms with Gasteiger partial charge in [-0.05, 0) is 24.1 Å². The summed E-state index contributed by atoms with van der Waals surface area (Å²) in [6.45, 7) is 1.80. The van der Waals surface area contributed by atoms with Crippen molar-refractivity contribution in [3.8, 4) is 5.75 Å². The van der Waals surface area contributed by atoms with Crippen LogP contribution in [0.2, 0.25) is 0 Å². The van der Waals surface area contributed by atoms with Crippen molar-refractivity contribution >= 4 is 22.5 Å². The maximum absolute atomic E-state index is 12.1. The molecule has 0 aliphatic rings. The van der Waals surface area contributed by atoms with E-state index < -0.39 is 5.51 Å². The van der Waals surface area contributed by atoms with Gasteiger partial charge in [0.2, 0.25) is 0 Å². The summed E-state index contributed by atoms with van der Waals surface area (Å²) in [6, 6.07) is 11.1. The van der Waals surface area contributed by atoms with Crippen molar-refractivity contribution in [1.82, 2.24) is 0 Å². The Bertz CT molecular complexity index is 613. The molecule has 0 aliphatic carbocycles. The standard InChI is InChI=1S/C15H16F3NOS/c1-10(19)12-7-6-11-4-2-3-5-13(11)14(12)20-8-9-21-15(16,17)18/h2-7,10H,8-9,19H2,1H3/t10-/m0/s1. The van der Waals surface area contributed by atoms with Crippen molar-refractivity contribution < 1.29 is 17.9 Å². The first-order valence-corrected chi connectivity index (χ1v) is 7.48. The van der Waals surface area contributed by atoms with E-state index in [2.05, 4.69) is 0 Å². The minimum atomic E-state index is -4.23. The van der Waals surface area contributed by atoms with Crippen molar-refractivity contribution in [2.45, 2.75) is 18.5 Å². The summed E-state index contributed by atoms with van der Waals surface area (Å²) in [5.74, 6) is 0.427. The Morgan fingerprint density at radius 1 is 1.19 bits per heavy atom. The summed E-state index contributed by atoms with van der Waals surface area (Å²) >= 11 is -0.0838. The smallest absolute Gasteiger partial charge is 0.441 e. The van der Waals surface area contributed by atoms with Crippen molar-refractivity contribution in [3.63, 3.8) is 0 Å². The molecule has 6 heteroatoms. The Kier molecular flexibility index (Phi) is 5.00. The van der Waals surface area contributed by atoms with Gasteiger partial charge in [-0.3, -0.25) is 0 Å². The molecule has 2 rings (SSSR count). The van der Waals surface area contributed by atoms with Gasteiger partial charge in [-0.25, -0.2) is 0 Å². The van der Waals surface area contributed by atoms with Gasteiger partial charge in [0.05, 0.1) is 6.61 Å². The zero-order valence-electron chi connectivity index (χ0n) is 11.5. The molecule has 0 fully saturated rings. The van der Waals surface area contributed by atoms with Crippen molar-refractivity contribution in [1.29, 1.82) is 0 Å². The Morgan fingerprint density at radius 2 is 1.90 bits per heavy atom. The predicted molar refractivity (Wildman–Crippen MR) is 80.6 cm³/mol. The highest BCUT2D eigenvalue weighted by molar-refractivity contribution is 8.00. The van der Waals surface area contributed by atoms with Gasteiger partial charge in [0.15, 0.2) is 0 Å². The van der Waals surface area contributed by atoms with E-state index in [4.69, 9.17) is 10.5 Å². The van der Waals surface area contributed by atoms with Crippen LogP contribution in [0.25, 0.3) is 10.8 Å². The number of thioether (sulfide) groups is 1. The van der Waals surface area contributed by atoms with Crippen LogP contribution in [0, 0.1) is 0 Å². The van der Waals surface area contributed by atoms with Gasteiger partial charge in [0.1, 0.15) is 5.75 Å². The monoisotopic (exact) mass is 315 g/mol. The zero-order chi connectivity index (χ0) is 15.5. The fourth-order valence-electron chi connectivity index (χ4n) is 2.08. The fraction of sp³-hybridized carbons (Fsp3) is 0.333. The van der Waals surface area contributed by atoms with Gasteiger partial charge in [-0.1, -0.05) is 36.4 Å². The number of nitrogens with two attached hydrogens (primary N) is 1. The van der Waals surface area contributed by atoms with Gasteiger partial charge >= 0.3 is 5.51 Å². The zero-order valence-corrected chi connectivity index (χ0v) is 12.3. The summed E-state index contributed by atoms with van der Waals surface area (Å²) in [5.41, 5.74) is 2.48. The second-order valence-electron chi connectivity index (χ2n) is 4.64. The molecule has 0 heterocycles. The maximum Gasteiger partial charge on any atom is 0.441 e. The molecule has 0 bridgehead atoms. The van der Waals surface area contributed by atoms with E-state index in [-0.39, 0.29) is 30.2 Å². The number of ether oxygens (including phenoxy) is 1. The average molecular weight is 315 g/mol. The molecule has 0 aromatic heterocycles. The number of hydrogen-bond donors (Lipinski definition) is 1. The number of rotatable bonds is 5. The van der Waals surface area contributed by atoms with Crippen molar-refractivity contribution in [3.05, 3.63) is 42.0 Å². The van der Waals surface area contributed by atoms with Crippen LogP contribution in [0.1, 0.15) is 18.5 Å². The van der Waals surface area contributed by atoms with Crippen LogP contribution in [-0.4, -0.2) is 17.9 Å². The van der Waals surface area contributed by atoms with Crippen LogP contribution in [-0.2, 0) is 0 Å². The van der Waals surface area contributed by atoms with E-state index >= 15 is 0 Å². The summed E-state index contributed by atoms with van der Waals surface area (Å²) in [4.78, 5) is 0. The first-order chi connectivity index (χ1) is 9.88. The molecule has 0 saturated carbocycles. The van der Waals surface area contributed by atoms with E-state index in [0.29, 0.717) is 5.75 Å². The van der Waals surface area contributed by atoms with Gasteiger partial charge in [0.25, 0.3) is 0 Å². The van der Waals surface area contributed by atoms with E-state index in [1.54, 1.807) is 0 Å². The molecule has 0 saturated heterocycles. The van der Waals surface area contributed by atoms with Crippen LogP contribution in [0.3, 0.4) is 0 Å². The summed E-state index contributed by atoms with van der Waals surface area (Å²) in [6.07, 6.45) is 0. The molecule has 2 aromatic rings. The topological polar surface area (TPSA) is 35.2 Å². The lowest BCUT2D eigenvalue weighted by Crippen LogP contribution is -2.11. The molecule has 2 nitrogen and oxygen atoms in total. The molecule has 2 aromatic carbocycles. The molecule has 0 aliphatic heterocycles.